The van der Waals surface area contributed by atoms with Crippen LogP contribution in [0.25, 0.3) is 0 Å². The molecular weight excluding hydrogens is 178 g/mol. The molecule has 1 rings (SSSR count). The van der Waals surface area contributed by atoms with E-state index in [4.69, 9.17) is 15.3 Å². The van der Waals surface area contributed by atoms with E-state index in [2.05, 4.69) is 6.92 Å². The summed E-state index contributed by atoms with van der Waals surface area (Å²) in [5, 5.41) is 8.77. The average Bonchev–Trinajstić information content (AvgIpc) is 2.60. The summed E-state index contributed by atoms with van der Waals surface area (Å²) >= 11 is 0. The Balaban J connectivity index is 2.39. The summed E-state index contributed by atoms with van der Waals surface area (Å²) in [6.07, 6.45) is 1.78. The monoisotopic (exact) mass is 197 g/mol. The molecular formula is C11H19NO2. The van der Waals surface area contributed by atoms with Gasteiger partial charge in [-0.05, 0) is 31.9 Å². The largest absolute Gasteiger partial charge is 0.466 e. The summed E-state index contributed by atoms with van der Waals surface area (Å²) in [5.74, 6) is 2.33. The van der Waals surface area contributed by atoms with Crippen LogP contribution in [-0.4, -0.2) is 17.8 Å². The highest BCUT2D eigenvalue weighted by molar-refractivity contribution is 5.09. The first-order valence-corrected chi connectivity index (χ1v) is 5.06. The Morgan fingerprint density at radius 1 is 1.43 bits per heavy atom. The molecule has 2 atom stereocenters. The van der Waals surface area contributed by atoms with Crippen molar-refractivity contribution < 1.29 is 9.52 Å². The predicted molar refractivity (Wildman–Crippen MR) is 56.2 cm³/mol. The van der Waals surface area contributed by atoms with Crippen LogP contribution in [0.1, 0.15) is 37.2 Å². The van der Waals surface area contributed by atoms with Gasteiger partial charge in [-0.1, -0.05) is 6.92 Å². The van der Waals surface area contributed by atoms with Gasteiger partial charge >= 0.3 is 0 Å². The van der Waals surface area contributed by atoms with Crippen LogP contribution in [0.2, 0.25) is 0 Å². The minimum atomic E-state index is -0.103. The average molecular weight is 197 g/mol. The first kappa shape index (κ1) is 11.3. The molecule has 0 saturated carbocycles. The van der Waals surface area contributed by atoms with Crippen LogP contribution in [0.4, 0.5) is 0 Å². The highest BCUT2D eigenvalue weighted by Gasteiger charge is 2.11. The van der Waals surface area contributed by atoms with E-state index in [1.165, 1.54) is 0 Å². The summed E-state index contributed by atoms with van der Waals surface area (Å²) in [4.78, 5) is 0. The number of rotatable bonds is 5. The van der Waals surface area contributed by atoms with Crippen molar-refractivity contribution in [2.45, 2.75) is 38.6 Å². The summed E-state index contributed by atoms with van der Waals surface area (Å²) in [7, 11) is 0. The minimum Gasteiger partial charge on any atom is -0.466 e. The van der Waals surface area contributed by atoms with Crippen molar-refractivity contribution in [3.05, 3.63) is 23.7 Å². The van der Waals surface area contributed by atoms with Crippen LogP contribution in [-0.2, 0) is 0 Å². The lowest BCUT2D eigenvalue weighted by Crippen LogP contribution is -2.24. The third-order valence-electron chi connectivity index (χ3n) is 2.45. The molecule has 0 amide bonds. The number of nitrogens with two attached hydrogens (primary N) is 1. The second-order valence-corrected chi connectivity index (χ2v) is 3.87. The van der Waals surface area contributed by atoms with Gasteiger partial charge in [0.25, 0.3) is 0 Å². The lowest BCUT2D eigenvalue weighted by Gasteiger charge is -2.11. The summed E-state index contributed by atoms with van der Waals surface area (Å²) < 4.78 is 5.51. The molecule has 0 aromatic carbocycles. The fourth-order valence-electron chi connectivity index (χ4n) is 1.42. The fourth-order valence-corrected chi connectivity index (χ4v) is 1.42. The zero-order chi connectivity index (χ0) is 10.6. The lowest BCUT2D eigenvalue weighted by molar-refractivity contribution is 0.255. The molecule has 0 bridgehead atoms. The van der Waals surface area contributed by atoms with Crippen molar-refractivity contribution in [1.82, 2.24) is 0 Å². The second-order valence-electron chi connectivity index (χ2n) is 3.87. The first-order chi connectivity index (χ1) is 6.63. The molecule has 0 aliphatic rings. The number of aryl methyl sites for hydroxylation is 1. The molecule has 3 N–H and O–H groups in total. The maximum Gasteiger partial charge on any atom is 0.106 e. The Labute approximate surface area is 84.9 Å². The molecule has 3 nitrogen and oxygen atoms in total. The quantitative estimate of drug-likeness (QED) is 0.756. The maximum absolute atomic E-state index is 8.77. The molecule has 0 aliphatic carbocycles. The van der Waals surface area contributed by atoms with Crippen LogP contribution < -0.4 is 5.73 Å². The van der Waals surface area contributed by atoms with Crippen molar-refractivity contribution >= 4 is 0 Å². The van der Waals surface area contributed by atoms with E-state index in [0.717, 1.165) is 24.4 Å². The molecule has 0 spiro atoms. The minimum absolute atomic E-state index is 0.0594. The van der Waals surface area contributed by atoms with Gasteiger partial charge in [0.05, 0.1) is 6.61 Å². The van der Waals surface area contributed by atoms with Crippen LogP contribution >= 0.6 is 0 Å². The Bertz CT molecular complexity index is 270. The molecule has 1 aromatic rings. The molecule has 0 aliphatic heterocycles. The Hall–Kier alpha value is -0.800. The molecule has 14 heavy (non-hydrogen) atoms. The standard InChI is InChI=1S/C11H19NO2/c1-8(3-5-10(12)7-13)11-6-4-9(2)14-11/h4,6,8,10,13H,3,5,7,12H2,1-2H3. The highest BCUT2D eigenvalue weighted by atomic mass is 16.3. The van der Waals surface area contributed by atoms with Gasteiger partial charge in [-0.2, -0.15) is 0 Å². The van der Waals surface area contributed by atoms with Gasteiger partial charge in [-0.3, -0.25) is 0 Å². The smallest absolute Gasteiger partial charge is 0.106 e. The third-order valence-corrected chi connectivity index (χ3v) is 2.45. The zero-order valence-electron chi connectivity index (χ0n) is 8.86. The van der Waals surface area contributed by atoms with Crippen LogP contribution in [0, 0.1) is 6.92 Å². The molecule has 0 saturated heterocycles. The van der Waals surface area contributed by atoms with E-state index in [-0.39, 0.29) is 12.6 Å². The second kappa shape index (κ2) is 5.17. The molecule has 0 fully saturated rings. The maximum atomic E-state index is 8.77. The number of hydrogen-bond acceptors (Lipinski definition) is 3. The van der Waals surface area contributed by atoms with Gasteiger partial charge in [0, 0.05) is 12.0 Å². The van der Waals surface area contributed by atoms with Crippen molar-refractivity contribution in [2.75, 3.05) is 6.61 Å². The fraction of sp³-hybridized carbons (Fsp3) is 0.636. The van der Waals surface area contributed by atoms with E-state index < -0.39 is 0 Å². The van der Waals surface area contributed by atoms with E-state index in [9.17, 15) is 0 Å². The third kappa shape index (κ3) is 3.16. The van der Waals surface area contributed by atoms with Gasteiger partial charge in [0.15, 0.2) is 0 Å². The zero-order valence-corrected chi connectivity index (χ0v) is 8.86. The predicted octanol–water partition coefficient (Wildman–Crippen LogP) is 1.79. The molecule has 3 heteroatoms. The summed E-state index contributed by atoms with van der Waals surface area (Å²) in [5.41, 5.74) is 5.62. The van der Waals surface area contributed by atoms with Gasteiger partial charge in [0.1, 0.15) is 11.5 Å². The number of hydrogen-bond donors (Lipinski definition) is 2. The first-order valence-electron chi connectivity index (χ1n) is 5.06. The van der Waals surface area contributed by atoms with Gasteiger partial charge < -0.3 is 15.3 Å². The van der Waals surface area contributed by atoms with Crippen molar-refractivity contribution in [3.63, 3.8) is 0 Å². The Morgan fingerprint density at radius 2 is 2.14 bits per heavy atom. The number of aliphatic hydroxyl groups excluding tert-OH is 1. The van der Waals surface area contributed by atoms with Gasteiger partial charge in [0.2, 0.25) is 0 Å². The van der Waals surface area contributed by atoms with Crippen LogP contribution in [0.3, 0.4) is 0 Å². The van der Waals surface area contributed by atoms with E-state index in [1.807, 2.05) is 19.1 Å². The van der Waals surface area contributed by atoms with E-state index in [1.54, 1.807) is 0 Å². The molecule has 2 unspecified atom stereocenters. The highest BCUT2D eigenvalue weighted by Crippen LogP contribution is 2.22. The molecule has 1 aromatic heterocycles. The lowest BCUT2D eigenvalue weighted by atomic mass is 10.00. The SMILES string of the molecule is Cc1ccc(C(C)CCC(N)CO)o1. The van der Waals surface area contributed by atoms with Crippen molar-refractivity contribution in [3.8, 4) is 0 Å². The van der Waals surface area contributed by atoms with E-state index >= 15 is 0 Å². The molecule has 1 heterocycles. The topological polar surface area (TPSA) is 59.4 Å². The Kier molecular flexibility index (Phi) is 4.17. The molecule has 0 radical (unpaired) electrons. The van der Waals surface area contributed by atoms with Crippen molar-refractivity contribution in [2.24, 2.45) is 5.73 Å². The van der Waals surface area contributed by atoms with E-state index in [0.29, 0.717) is 5.92 Å². The van der Waals surface area contributed by atoms with Gasteiger partial charge in [-0.15, -0.1) is 0 Å². The van der Waals surface area contributed by atoms with Gasteiger partial charge in [-0.25, -0.2) is 0 Å². The number of furan rings is 1. The normalized spacial score (nSPS) is 15.4. The molecule has 80 valence electrons. The van der Waals surface area contributed by atoms with Crippen molar-refractivity contribution in [1.29, 1.82) is 0 Å². The van der Waals surface area contributed by atoms with Crippen LogP contribution in [0.15, 0.2) is 16.5 Å². The van der Waals surface area contributed by atoms with Crippen LogP contribution in [0.5, 0.6) is 0 Å². The summed E-state index contributed by atoms with van der Waals surface area (Å²) in [6.45, 7) is 4.11. The Morgan fingerprint density at radius 3 is 2.64 bits per heavy atom. The number of aliphatic hydroxyl groups is 1. The summed E-state index contributed by atoms with van der Waals surface area (Å²) in [6, 6.07) is 3.87.